The first-order chi connectivity index (χ1) is 10.5. The fraction of sp³-hybridized carbons (Fsp3) is 0.312. The summed E-state index contributed by atoms with van der Waals surface area (Å²) in [5, 5.41) is 1.33. The molecule has 0 radical (unpaired) electrons. The molecule has 0 unspecified atom stereocenters. The Morgan fingerprint density at radius 2 is 1.95 bits per heavy atom. The van der Waals surface area contributed by atoms with Crippen molar-refractivity contribution >= 4 is 29.3 Å². The van der Waals surface area contributed by atoms with E-state index in [1.807, 2.05) is 38.1 Å². The number of amides is 1. The van der Waals surface area contributed by atoms with E-state index < -0.39 is 0 Å². The van der Waals surface area contributed by atoms with Gasteiger partial charge < -0.3 is 4.90 Å². The molecule has 1 aromatic heterocycles. The molecule has 0 saturated carbocycles. The van der Waals surface area contributed by atoms with Crippen molar-refractivity contribution in [3.8, 4) is 0 Å². The molecule has 0 aliphatic heterocycles. The summed E-state index contributed by atoms with van der Waals surface area (Å²) in [5.41, 5.74) is 2.25. The average Bonchev–Trinajstić information content (AvgIpc) is 2.48. The number of thioether (sulfide) groups is 1. The smallest absolute Gasteiger partial charge is 0.272 e. The number of benzene rings is 1. The Labute approximate surface area is 139 Å². The summed E-state index contributed by atoms with van der Waals surface area (Å²) in [4.78, 5) is 22.8. The number of aryl methyl sites for hydroxylation is 1. The third-order valence-electron chi connectivity index (χ3n) is 3.01. The van der Waals surface area contributed by atoms with Crippen molar-refractivity contribution < 1.29 is 4.79 Å². The third-order valence-corrected chi connectivity index (χ3v) is 3.99. The van der Waals surface area contributed by atoms with E-state index >= 15 is 0 Å². The zero-order chi connectivity index (χ0) is 16.1. The zero-order valence-corrected chi connectivity index (χ0v) is 14.4. The van der Waals surface area contributed by atoms with Gasteiger partial charge in [0, 0.05) is 24.3 Å². The summed E-state index contributed by atoms with van der Waals surface area (Å²) >= 11 is 7.40. The minimum atomic E-state index is -0.113. The second kappa shape index (κ2) is 7.61. The van der Waals surface area contributed by atoms with Gasteiger partial charge in [0.1, 0.15) is 5.69 Å². The lowest BCUT2D eigenvalue weighted by atomic mass is 10.2. The van der Waals surface area contributed by atoms with Crippen molar-refractivity contribution in [1.82, 2.24) is 14.9 Å². The highest BCUT2D eigenvalue weighted by Gasteiger charge is 2.15. The Balaban J connectivity index is 2.14. The fourth-order valence-corrected chi connectivity index (χ4v) is 2.73. The summed E-state index contributed by atoms with van der Waals surface area (Å²) in [7, 11) is 1.76. The van der Waals surface area contributed by atoms with Crippen LogP contribution in [-0.4, -0.2) is 33.6 Å². The van der Waals surface area contributed by atoms with Crippen LogP contribution < -0.4 is 0 Å². The van der Waals surface area contributed by atoms with Crippen molar-refractivity contribution in [2.45, 2.75) is 25.5 Å². The third kappa shape index (κ3) is 4.45. The molecule has 0 atom stereocenters. The standard InChI is InChI=1S/C16H18ClN3OS/c1-4-22-16-18-11(2)9-14(19-16)15(21)20(3)10-12-5-7-13(17)8-6-12/h5-9H,4,10H2,1-3H3. The molecule has 6 heteroatoms. The topological polar surface area (TPSA) is 46.1 Å². The van der Waals surface area contributed by atoms with Crippen LogP contribution in [-0.2, 0) is 6.54 Å². The van der Waals surface area contributed by atoms with Crippen LogP contribution in [0.3, 0.4) is 0 Å². The van der Waals surface area contributed by atoms with Gasteiger partial charge in [-0.15, -0.1) is 0 Å². The molecule has 0 spiro atoms. The molecule has 2 rings (SSSR count). The van der Waals surface area contributed by atoms with Gasteiger partial charge in [0.15, 0.2) is 5.16 Å². The molecular weight excluding hydrogens is 318 g/mol. The first-order valence-electron chi connectivity index (χ1n) is 6.98. The van der Waals surface area contributed by atoms with Gasteiger partial charge in [0.25, 0.3) is 5.91 Å². The number of hydrogen-bond donors (Lipinski definition) is 0. The highest BCUT2D eigenvalue weighted by atomic mass is 35.5. The van der Waals surface area contributed by atoms with Crippen LogP contribution in [0.25, 0.3) is 0 Å². The van der Waals surface area contributed by atoms with E-state index in [1.54, 1.807) is 18.0 Å². The second-order valence-corrected chi connectivity index (χ2v) is 6.57. The molecule has 4 nitrogen and oxygen atoms in total. The van der Waals surface area contributed by atoms with E-state index in [1.165, 1.54) is 11.8 Å². The lowest BCUT2D eigenvalue weighted by molar-refractivity contribution is 0.0778. The Bertz CT molecular complexity index is 661. The van der Waals surface area contributed by atoms with E-state index in [0.717, 1.165) is 17.0 Å². The minimum absolute atomic E-state index is 0.113. The minimum Gasteiger partial charge on any atom is -0.336 e. The van der Waals surface area contributed by atoms with Gasteiger partial charge in [-0.05, 0) is 36.4 Å². The van der Waals surface area contributed by atoms with Gasteiger partial charge in [-0.1, -0.05) is 42.4 Å². The molecule has 2 aromatic rings. The number of halogens is 1. The monoisotopic (exact) mass is 335 g/mol. The zero-order valence-electron chi connectivity index (χ0n) is 12.8. The van der Waals surface area contributed by atoms with Gasteiger partial charge in [0.2, 0.25) is 0 Å². The summed E-state index contributed by atoms with van der Waals surface area (Å²) in [6.07, 6.45) is 0. The van der Waals surface area contributed by atoms with Crippen LogP contribution in [0.15, 0.2) is 35.5 Å². The predicted octanol–water partition coefficient (Wildman–Crippen LogP) is 3.82. The van der Waals surface area contributed by atoms with Gasteiger partial charge >= 0.3 is 0 Å². The van der Waals surface area contributed by atoms with Crippen molar-refractivity contribution in [2.24, 2.45) is 0 Å². The molecular formula is C16H18ClN3OS. The first kappa shape index (κ1) is 16.8. The van der Waals surface area contributed by atoms with E-state index in [0.29, 0.717) is 22.4 Å². The summed E-state index contributed by atoms with van der Waals surface area (Å²) < 4.78 is 0. The van der Waals surface area contributed by atoms with Crippen LogP contribution in [0.1, 0.15) is 28.7 Å². The van der Waals surface area contributed by atoms with Crippen molar-refractivity contribution in [2.75, 3.05) is 12.8 Å². The van der Waals surface area contributed by atoms with Crippen LogP contribution in [0.4, 0.5) is 0 Å². The number of carbonyl (C=O) groups excluding carboxylic acids is 1. The SMILES string of the molecule is CCSc1nc(C)cc(C(=O)N(C)Cc2ccc(Cl)cc2)n1. The average molecular weight is 336 g/mol. The lowest BCUT2D eigenvalue weighted by Crippen LogP contribution is -2.27. The maximum atomic E-state index is 12.5. The Kier molecular flexibility index (Phi) is 5.80. The molecule has 1 amide bonds. The van der Waals surface area contributed by atoms with Gasteiger partial charge in [0.05, 0.1) is 0 Å². The molecule has 0 aliphatic carbocycles. The van der Waals surface area contributed by atoms with Crippen molar-refractivity contribution in [3.05, 3.63) is 52.3 Å². The van der Waals surface area contributed by atoms with E-state index in [4.69, 9.17) is 11.6 Å². The molecule has 22 heavy (non-hydrogen) atoms. The van der Waals surface area contributed by atoms with E-state index in [2.05, 4.69) is 9.97 Å². The Hall–Kier alpha value is -1.59. The number of rotatable bonds is 5. The summed E-state index contributed by atoms with van der Waals surface area (Å²) in [6.45, 7) is 4.41. The van der Waals surface area contributed by atoms with Crippen LogP contribution >= 0.6 is 23.4 Å². The Morgan fingerprint density at radius 1 is 1.27 bits per heavy atom. The van der Waals surface area contributed by atoms with Crippen molar-refractivity contribution in [1.29, 1.82) is 0 Å². The highest BCUT2D eigenvalue weighted by molar-refractivity contribution is 7.99. The largest absolute Gasteiger partial charge is 0.336 e. The number of carbonyl (C=O) groups is 1. The normalized spacial score (nSPS) is 10.5. The molecule has 116 valence electrons. The molecule has 0 bridgehead atoms. The lowest BCUT2D eigenvalue weighted by Gasteiger charge is -2.17. The van der Waals surface area contributed by atoms with Crippen LogP contribution in [0.2, 0.25) is 5.02 Å². The summed E-state index contributed by atoms with van der Waals surface area (Å²) in [5.74, 6) is 0.760. The second-order valence-electron chi connectivity index (χ2n) is 4.90. The fourth-order valence-electron chi connectivity index (χ4n) is 1.98. The number of hydrogen-bond acceptors (Lipinski definition) is 4. The van der Waals surface area contributed by atoms with Gasteiger partial charge in [-0.25, -0.2) is 9.97 Å². The van der Waals surface area contributed by atoms with Gasteiger partial charge in [-0.3, -0.25) is 4.79 Å². The highest BCUT2D eigenvalue weighted by Crippen LogP contribution is 2.16. The molecule has 0 N–H and O–H groups in total. The number of nitrogens with zero attached hydrogens (tertiary/aromatic N) is 3. The maximum absolute atomic E-state index is 12.5. The van der Waals surface area contributed by atoms with E-state index in [-0.39, 0.29) is 5.91 Å². The number of aromatic nitrogens is 2. The Morgan fingerprint density at radius 3 is 2.59 bits per heavy atom. The predicted molar refractivity (Wildman–Crippen MR) is 90.4 cm³/mol. The molecule has 1 heterocycles. The molecule has 0 aliphatic rings. The van der Waals surface area contributed by atoms with E-state index in [9.17, 15) is 4.79 Å². The van der Waals surface area contributed by atoms with Crippen LogP contribution in [0, 0.1) is 6.92 Å². The quantitative estimate of drug-likeness (QED) is 0.615. The first-order valence-corrected chi connectivity index (χ1v) is 8.34. The molecule has 0 fully saturated rings. The van der Waals surface area contributed by atoms with Gasteiger partial charge in [-0.2, -0.15) is 0 Å². The van der Waals surface area contributed by atoms with Crippen molar-refractivity contribution in [3.63, 3.8) is 0 Å². The summed E-state index contributed by atoms with van der Waals surface area (Å²) in [6, 6.07) is 9.19. The molecule has 1 aromatic carbocycles. The molecule has 0 saturated heterocycles. The van der Waals surface area contributed by atoms with Crippen LogP contribution in [0.5, 0.6) is 0 Å². The maximum Gasteiger partial charge on any atom is 0.272 e.